The van der Waals surface area contributed by atoms with Crippen LogP contribution < -0.4 is 4.90 Å². The average Bonchev–Trinajstić information content (AvgIpc) is 2.82. The largest absolute Gasteiger partial charge is 0.378 e. The van der Waals surface area contributed by atoms with Crippen molar-refractivity contribution >= 4 is 12.0 Å². The maximum Gasteiger partial charge on any atom is 0.172 e. The highest BCUT2D eigenvalue weighted by Crippen LogP contribution is 2.17. The first-order valence-corrected chi connectivity index (χ1v) is 5.84. The van der Waals surface area contributed by atoms with Crippen molar-refractivity contribution < 1.29 is 9.53 Å². The molecule has 0 bridgehead atoms. The summed E-state index contributed by atoms with van der Waals surface area (Å²) in [7, 11) is 5.53. The Morgan fingerprint density at radius 2 is 2.00 bits per heavy atom. The normalized spacial score (nSPS) is 10.5. The van der Waals surface area contributed by atoms with E-state index in [1.54, 1.807) is 11.8 Å². The van der Waals surface area contributed by atoms with E-state index in [2.05, 4.69) is 10.3 Å². The standard InChI is InChI=1S/C13H16N4O2/c1-16(2)10-4-6-11(7-5-10)17-13(9-19-3)12(8-18)14-15-17/h4-8H,9H2,1-3H3. The Balaban J connectivity index is 2.40. The number of hydrogen-bond donors (Lipinski definition) is 0. The molecule has 0 atom stereocenters. The third-order valence-electron chi connectivity index (χ3n) is 2.80. The van der Waals surface area contributed by atoms with Crippen LogP contribution in [0.15, 0.2) is 24.3 Å². The number of aromatic nitrogens is 3. The molecule has 2 rings (SSSR count). The van der Waals surface area contributed by atoms with Crippen LogP contribution in [0.1, 0.15) is 16.2 Å². The lowest BCUT2D eigenvalue weighted by Gasteiger charge is -2.13. The predicted octanol–water partition coefficient (Wildman–Crippen LogP) is 1.29. The van der Waals surface area contributed by atoms with Gasteiger partial charge in [0.1, 0.15) is 5.69 Å². The zero-order chi connectivity index (χ0) is 13.8. The van der Waals surface area contributed by atoms with Crippen molar-refractivity contribution in [3.63, 3.8) is 0 Å². The van der Waals surface area contributed by atoms with Gasteiger partial charge in [0.15, 0.2) is 12.0 Å². The van der Waals surface area contributed by atoms with Gasteiger partial charge in [-0.15, -0.1) is 5.10 Å². The summed E-state index contributed by atoms with van der Waals surface area (Å²) in [5.74, 6) is 0. The van der Waals surface area contributed by atoms with Gasteiger partial charge in [-0.25, -0.2) is 4.68 Å². The number of carbonyl (C=O) groups is 1. The molecule has 6 heteroatoms. The van der Waals surface area contributed by atoms with E-state index in [-0.39, 0.29) is 6.61 Å². The minimum atomic E-state index is 0.288. The van der Waals surface area contributed by atoms with Crippen LogP contribution in [0.4, 0.5) is 5.69 Å². The lowest BCUT2D eigenvalue weighted by atomic mass is 10.2. The molecule has 0 aliphatic heterocycles. The predicted molar refractivity (Wildman–Crippen MR) is 71.8 cm³/mol. The van der Waals surface area contributed by atoms with Gasteiger partial charge < -0.3 is 9.64 Å². The second-order valence-corrected chi connectivity index (χ2v) is 4.29. The highest BCUT2D eigenvalue weighted by atomic mass is 16.5. The Labute approximate surface area is 111 Å². The average molecular weight is 260 g/mol. The minimum absolute atomic E-state index is 0.288. The number of carbonyl (C=O) groups excluding carboxylic acids is 1. The Morgan fingerprint density at radius 3 is 2.53 bits per heavy atom. The molecule has 0 unspecified atom stereocenters. The van der Waals surface area contributed by atoms with Crippen LogP contribution >= 0.6 is 0 Å². The fourth-order valence-corrected chi connectivity index (χ4v) is 1.78. The molecule has 19 heavy (non-hydrogen) atoms. The molecule has 1 aromatic heterocycles. The number of benzene rings is 1. The summed E-state index contributed by atoms with van der Waals surface area (Å²) >= 11 is 0. The molecule has 100 valence electrons. The fraction of sp³-hybridized carbons (Fsp3) is 0.308. The third kappa shape index (κ3) is 2.63. The zero-order valence-corrected chi connectivity index (χ0v) is 11.2. The Kier molecular flexibility index (Phi) is 3.91. The van der Waals surface area contributed by atoms with Gasteiger partial charge in [-0.1, -0.05) is 5.21 Å². The molecule has 0 spiro atoms. The van der Waals surface area contributed by atoms with Gasteiger partial charge in [0, 0.05) is 26.9 Å². The van der Waals surface area contributed by atoms with Gasteiger partial charge in [-0.2, -0.15) is 0 Å². The maximum atomic E-state index is 10.9. The molecule has 1 heterocycles. The van der Waals surface area contributed by atoms with E-state index < -0.39 is 0 Å². The lowest BCUT2D eigenvalue weighted by Crippen LogP contribution is -2.09. The number of aldehydes is 1. The van der Waals surface area contributed by atoms with E-state index in [1.165, 1.54) is 0 Å². The summed E-state index contributed by atoms with van der Waals surface area (Å²) in [6.45, 7) is 0.288. The van der Waals surface area contributed by atoms with E-state index in [4.69, 9.17) is 4.74 Å². The highest BCUT2D eigenvalue weighted by Gasteiger charge is 2.13. The van der Waals surface area contributed by atoms with Gasteiger partial charge in [-0.05, 0) is 24.3 Å². The number of nitrogens with zero attached hydrogens (tertiary/aromatic N) is 4. The van der Waals surface area contributed by atoms with E-state index >= 15 is 0 Å². The van der Waals surface area contributed by atoms with E-state index in [1.807, 2.05) is 43.3 Å². The van der Waals surface area contributed by atoms with Gasteiger partial charge in [0.25, 0.3) is 0 Å². The Morgan fingerprint density at radius 1 is 1.32 bits per heavy atom. The molecule has 0 saturated heterocycles. The van der Waals surface area contributed by atoms with E-state index in [9.17, 15) is 4.79 Å². The highest BCUT2D eigenvalue weighted by molar-refractivity contribution is 5.73. The quantitative estimate of drug-likeness (QED) is 0.758. The minimum Gasteiger partial charge on any atom is -0.378 e. The van der Waals surface area contributed by atoms with Crippen LogP contribution in [0.2, 0.25) is 0 Å². The van der Waals surface area contributed by atoms with Gasteiger partial charge in [0.05, 0.1) is 12.3 Å². The van der Waals surface area contributed by atoms with Crippen LogP contribution in [0.5, 0.6) is 0 Å². The van der Waals surface area contributed by atoms with Crippen molar-refractivity contribution in [1.82, 2.24) is 15.0 Å². The molecule has 1 aromatic carbocycles. The smallest absolute Gasteiger partial charge is 0.172 e. The third-order valence-corrected chi connectivity index (χ3v) is 2.80. The number of hydrogen-bond acceptors (Lipinski definition) is 5. The van der Waals surface area contributed by atoms with Crippen molar-refractivity contribution in [2.75, 3.05) is 26.1 Å². The number of methoxy groups -OCH3 is 1. The molecule has 0 fully saturated rings. The van der Waals surface area contributed by atoms with E-state index in [0.717, 1.165) is 11.4 Å². The molecule has 2 aromatic rings. The first-order valence-electron chi connectivity index (χ1n) is 5.84. The lowest BCUT2D eigenvalue weighted by molar-refractivity contribution is 0.111. The molecular formula is C13H16N4O2. The second-order valence-electron chi connectivity index (χ2n) is 4.29. The van der Waals surface area contributed by atoms with Crippen molar-refractivity contribution in [1.29, 1.82) is 0 Å². The summed E-state index contributed by atoms with van der Waals surface area (Å²) in [4.78, 5) is 12.9. The van der Waals surface area contributed by atoms with Gasteiger partial charge in [-0.3, -0.25) is 4.79 Å². The molecule has 0 radical (unpaired) electrons. The van der Waals surface area contributed by atoms with Crippen LogP contribution in [0.25, 0.3) is 5.69 Å². The summed E-state index contributed by atoms with van der Waals surface area (Å²) in [5.41, 5.74) is 2.89. The Bertz CT molecular complexity index is 561. The molecular weight excluding hydrogens is 244 g/mol. The molecule has 0 N–H and O–H groups in total. The van der Waals surface area contributed by atoms with E-state index in [0.29, 0.717) is 17.7 Å². The summed E-state index contributed by atoms with van der Waals surface area (Å²) in [6.07, 6.45) is 0.687. The molecule has 0 aliphatic rings. The second kappa shape index (κ2) is 5.62. The first kappa shape index (κ1) is 13.2. The molecule has 0 aliphatic carbocycles. The summed E-state index contributed by atoms with van der Waals surface area (Å²) in [5, 5.41) is 7.83. The molecule has 6 nitrogen and oxygen atoms in total. The van der Waals surface area contributed by atoms with Crippen molar-refractivity contribution in [2.45, 2.75) is 6.61 Å². The zero-order valence-electron chi connectivity index (χ0n) is 11.2. The first-order chi connectivity index (χ1) is 9.17. The number of rotatable bonds is 5. The number of ether oxygens (including phenoxy) is 1. The van der Waals surface area contributed by atoms with Crippen LogP contribution in [0.3, 0.4) is 0 Å². The summed E-state index contributed by atoms with van der Waals surface area (Å²) in [6, 6.07) is 7.82. The number of anilines is 1. The van der Waals surface area contributed by atoms with Crippen LogP contribution in [-0.2, 0) is 11.3 Å². The van der Waals surface area contributed by atoms with Gasteiger partial charge >= 0.3 is 0 Å². The fourth-order valence-electron chi connectivity index (χ4n) is 1.78. The summed E-state index contributed by atoms with van der Waals surface area (Å²) < 4.78 is 6.70. The molecule has 0 amide bonds. The maximum absolute atomic E-state index is 10.9. The topological polar surface area (TPSA) is 60.2 Å². The van der Waals surface area contributed by atoms with Crippen LogP contribution in [0, 0.1) is 0 Å². The van der Waals surface area contributed by atoms with Crippen molar-refractivity contribution in [3.05, 3.63) is 35.7 Å². The SMILES string of the molecule is COCc1c(C=O)nnn1-c1ccc(N(C)C)cc1. The van der Waals surface area contributed by atoms with Gasteiger partial charge in [0.2, 0.25) is 0 Å². The van der Waals surface area contributed by atoms with Crippen molar-refractivity contribution in [3.8, 4) is 5.69 Å². The van der Waals surface area contributed by atoms with Crippen LogP contribution in [-0.4, -0.2) is 42.5 Å². The monoisotopic (exact) mass is 260 g/mol. The van der Waals surface area contributed by atoms with Crippen molar-refractivity contribution in [2.24, 2.45) is 0 Å². The Hall–Kier alpha value is -2.21. The molecule has 0 saturated carbocycles.